The topological polar surface area (TPSA) is 73.2 Å². The SMILES string of the molecule is Cc1cc(C)n(CCCNC(=O)[C@@H]2CC(=O)OC23CCCCC3)n1. The van der Waals surface area contributed by atoms with Crippen molar-refractivity contribution >= 4 is 11.9 Å². The number of hydrogen-bond donors (Lipinski definition) is 1. The van der Waals surface area contributed by atoms with Gasteiger partial charge in [0.15, 0.2) is 0 Å². The maximum Gasteiger partial charge on any atom is 0.307 e. The van der Waals surface area contributed by atoms with Gasteiger partial charge in [-0.3, -0.25) is 14.3 Å². The molecule has 1 N–H and O–H groups in total. The summed E-state index contributed by atoms with van der Waals surface area (Å²) in [7, 11) is 0. The molecule has 1 saturated carbocycles. The fourth-order valence-corrected chi connectivity index (χ4v) is 4.09. The third kappa shape index (κ3) is 3.47. The van der Waals surface area contributed by atoms with Crippen LogP contribution in [0.3, 0.4) is 0 Å². The number of hydrogen-bond acceptors (Lipinski definition) is 4. The molecule has 1 aromatic heterocycles. The quantitative estimate of drug-likeness (QED) is 0.663. The van der Waals surface area contributed by atoms with Gasteiger partial charge in [0.25, 0.3) is 0 Å². The first kappa shape index (κ1) is 17.0. The average molecular weight is 333 g/mol. The molecule has 2 aliphatic rings. The Kier molecular flexibility index (Phi) is 4.92. The van der Waals surface area contributed by atoms with Crippen LogP contribution in [-0.4, -0.2) is 33.8 Å². The van der Waals surface area contributed by atoms with E-state index >= 15 is 0 Å². The molecule has 2 heterocycles. The molecule has 1 aliphatic carbocycles. The normalized spacial score (nSPS) is 22.6. The van der Waals surface area contributed by atoms with Crippen LogP contribution in [0.15, 0.2) is 6.07 Å². The Morgan fingerprint density at radius 3 is 2.79 bits per heavy atom. The van der Waals surface area contributed by atoms with Crippen LogP contribution in [0.1, 0.15) is 56.3 Å². The van der Waals surface area contributed by atoms with Crippen molar-refractivity contribution in [1.29, 1.82) is 0 Å². The van der Waals surface area contributed by atoms with Crippen LogP contribution in [-0.2, 0) is 20.9 Å². The lowest BCUT2D eigenvalue weighted by molar-refractivity contribution is -0.153. The molecular formula is C18H27N3O3. The number of nitrogens with zero attached hydrogens (tertiary/aromatic N) is 2. The van der Waals surface area contributed by atoms with E-state index in [2.05, 4.69) is 10.4 Å². The van der Waals surface area contributed by atoms with Gasteiger partial charge >= 0.3 is 5.97 Å². The average Bonchev–Trinajstić information content (AvgIpc) is 3.03. The Balaban J connectivity index is 1.50. The van der Waals surface area contributed by atoms with Gasteiger partial charge in [0.2, 0.25) is 5.91 Å². The van der Waals surface area contributed by atoms with Crippen molar-refractivity contribution in [1.82, 2.24) is 15.1 Å². The Labute approximate surface area is 142 Å². The first-order valence-corrected chi connectivity index (χ1v) is 9.01. The highest BCUT2D eigenvalue weighted by atomic mass is 16.6. The Hall–Kier alpha value is -1.85. The van der Waals surface area contributed by atoms with E-state index in [1.165, 1.54) is 0 Å². The Morgan fingerprint density at radius 2 is 2.12 bits per heavy atom. The number of amides is 1. The molecule has 1 aliphatic heterocycles. The van der Waals surface area contributed by atoms with Gasteiger partial charge in [0, 0.05) is 18.8 Å². The van der Waals surface area contributed by atoms with E-state index in [1.807, 2.05) is 24.6 Å². The molecule has 1 saturated heterocycles. The summed E-state index contributed by atoms with van der Waals surface area (Å²) < 4.78 is 7.57. The van der Waals surface area contributed by atoms with Crippen molar-refractivity contribution in [3.8, 4) is 0 Å². The van der Waals surface area contributed by atoms with Gasteiger partial charge in [-0.2, -0.15) is 5.10 Å². The van der Waals surface area contributed by atoms with Crippen molar-refractivity contribution < 1.29 is 14.3 Å². The predicted octanol–water partition coefficient (Wildman–Crippen LogP) is 2.27. The number of aromatic nitrogens is 2. The second kappa shape index (κ2) is 6.95. The fraction of sp³-hybridized carbons (Fsp3) is 0.722. The van der Waals surface area contributed by atoms with E-state index in [-0.39, 0.29) is 24.2 Å². The number of ether oxygens (including phenoxy) is 1. The summed E-state index contributed by atoms with van der Waals surface area (Å²) in [5.74, 6) is -0.574. The standard InChI is InChI=1S/C18H27N3O3/c1-13-11-14(2)21(20-13)10-6-9-19-17(23)15-12-16(22)24-18(15)7-4-3-5-8-18/h11,15H,3-10,12H2,1-2H3,(H,19,23)/t15-/m0/s1. The fourth-order valence-electron chi connectivity index (χ4n) is 4.09. The van der Waals surface area contributed by atoms with Crippen molar-refractivity contribution in [3.63, 3.8) is 0 Å². The highest BCUT2D eigenvalue weighted by Crippen LogP contribution is 2.44. The van der Waals surface area contributed by atoms with E-state index in [0.29, 0.717) is 6.54 Å². The van der Waals surface area contributed by atoms with E-state index < -0.39 is 5.60 Å². The molecule has 1 amide bonds. The summed E-state index contributed by atoms with van der Waals surface area (Å²) in [4.78, 5) is 24.4. The molecule has 24 heavy (non-hydrogen) atoms. The highest BCUT2D eigenvalue weighted by Gasteiger charge is 2.52. The van der Waals surface area contributed by atoms with Crippen LogP contribution in [0.2, 0.25) is 0 Å². The van der Waals surface area contributed by atoms with Gasteiger partial charge < -0.3 is 10.1 Å². The lowest BCUT2D eigenvalue weighted by Gasteiger charge is -2.36. The molecule has 0 unspecified atom stereocenters. The van der Waals surface area contributed by atoms with Crippen LogP contribution in [0.25, 0.3) is 0 Å². The second-order valence-corrected chi connectivity index (χ2v) is 7.15. The van der Waals surface area contributed by atoms with Crippen LogP contribution < -0.4 is 5.32 Å². The summed E-state index contributed by atoms with van der Waals surface area (Å²) in [6.45, 7) is 5.39. The van der Waals surface area contributed by atoms with Crippen molar-refractivity contribution in [2.24, 2.45) is 5.92 Å². The van der Waals surface area contributed by atoms with Gasteiger partial charge in [-0.1, -0.05) is 6.42 Å². The summed E-state index contributed by atoms with van der Waals surface area (Å²) in [5, 5.41) is 7.42. The van der Waals surface area contributed by atoms with Gasteiger partial charge in [-0.25, -0.2) is 0 Å². The number of aryl methyl sites for hydroxylation is 3. The third-order valence-electron chi connectivity index (χ3n) is 5.29. The van der Waals surface area contributed by atoms with Gasteiger partial charge in [-0.05, 0) is 52.0 Å². The zero-order valence-electron chi connectivity index (χ0n) is 14.6. The van der Waals surface area contributed by atoms with Crippen molar-refractivity contribution in [2.75, 3.05) is 6.54 Å². The first-order valence-electron chi connectivity index (χ1n) is 9.01. The van der Waals surface area contributed by atoms with Crippen LogP contribution in [0.5, 0.6) is 0 Å². The molecule has 3 rings (SSSR count). The lowest BCUT2D eigenvalue weighted by atomic mass is 9.75. The minimum atomic E-state index is -0.533. The van der Waals surface area contributed by atoms with Gasteiger partial charge in [-0.15, -0.1) is 0 Å². The summed E-state index contributed by atoms with van der Waals surface area (Å²) in [5.41, 5.74) is 1.61. The molecule has 6 nitrogen and oxygen atoms in total. The number of carbonyl (C=O) groups excluding carboxylic acids is 2. The van der Waals surface area contributed by atoms with Crippen LogP contribution in [0.4, 0.5) is 0 Å². The summed E-state index contributed by atoms with van der Waals surface area (Å²) >= 11 is 0. The molecule has 0 aromatic carbocycles. The largest absolute Gasteiger partial charge is 0.458 e. The molecule has 1 spiro atoms. The minimum absolute atomic E-state index is 0.0314. The molecule has 2 fully saturated rings. The number of esters is 1. The molecular weight excluding hydrogens is 306 g/mol. The molecule has 0 bridgehead atoms. The Bertz CT molecular complexity index is 617. The van der Waals surface area contributed by atoms with Crippen molar-refractivity contribution in [2.45, 2.75) is 70.9 Å². The van der Waals surface area contributed by atoms with E-state index in [0.717, 1.165) is 56.5 Å². The van der Waals surface area contributed by atoms with E-state index in [1.54, 1.807) is 0 Å². The maximum atomic E-state index is 12.6. The number of nitrogens with one attached hydrogen (secondary N) is 1. The van der Waals surface area contributed by atoms with Gasteiger partial charge in [0.05, 0.1) is 18.0 Å². The number of carbonyl (C=O) groups is 2. The van der Waals surface area contributed by atoms with E-state index in [9.17, 15) is 9.59 Å². The maximum absolute atomic E-state index is 12.6. The molecule has 1 aromatic rings. The third-order valence-corrected chi connectivity index (χ3v) is 5.29. The summed E-state index contributed by atoms with van der Waals surface area (Å²) in [6.07, 6.45) is 5.93. The second-order valence-electron chi connectivity index (χ2n) is 7.15. The monoisotopic (exact) mass is 333 g/mol. The van der Waals surface area contributed by atoms with Crippen molar-refractivity contribution in [3.05, 3.63) is 17.5 Å². The minimum Gasteiger partial charge on any atom is -0.458 e. The lowest BCUT2D eigenvalue weighted by Crippen LogP contribution is -2.46. The Morgan fingerprint density at radius 1 is 1.38 bits per heavy atom. The van der Waals surface area contributed by atoms with Gasteiger partial charge in [0.1, 0.15) is 5.60 Å². The molecule has 132 valence electrons. The zero-order valence-corrected chi connectivity index (χ0v) is 14.6. The highest BCUT2D eigenvalue weighted by molar-refractivity contribution is 5.87. The van der Waals surface area contributed by atoms with Crippen LogP contribution >= 0.6 is 0 Å². The predicted molar refractivity (Wildman–Crippen MR) is 89.3 cm³/mol. The first-order chi connectivity index (χ1) is 11.5. The number of rotatable bonds is 5. The summed E-state index contributed by atoms with van der Waals surface area (Å²) in [6, 6.07) is 2.05. The zero-order chi connectivity index (χ0) is 17.2. The molecule has 0 radical (unpaired) electrons. The van der Waals surface area contributed by atoms with E-state index in [4.69, 9.17) is 4.74 Å². The van der Waals surface area contributed by atoms with Crippen LogP contribution in [0, 0.1) is 19.8 Å². The molecule has 1 atom stereocenters. The smallest absolute Gasteiger partial charge is 0.307 e. The molecule has 6 heteroatoms.